The van der Waals surface area contributed by atoms with Crippen LogP contribution in [-0.4, -0.2) is 55.5 Å². The van der Waals surface area contributed by atoms with Crippen LogP contribution in [0.3, 0.4) is 0 Å². The molecular formula is C20H24N2O4S2. The van der Waals surface area contributed by atoms with Crippen LogP contribution >= 0.6 is 23.5 Å². The Labute approximate surface area is 172 Å². The second kappa shape index (κ2) is 9.19. The second-order valence-electron chi connectivity index (χ2n) is 6.55. The van der Waals surface area contributed by atoms with E-state index in [4.69, 9.17) is 10.5 Å². The highest BCUT2D eigenvalue weighted by Gasteiger charge is 2.41. The maximum absolute atomic E-state index is 10.3. The molecule has 6 nitrogen and oxygen atoms in total. The number of benzene rings is 1. The van der Waals surface area contributed by atoms with Crippen molar-refractivity contribution in [3.8, 4) is 11.1 Å². The molecule has 5 atom stereocenters. The summed E-state index contributed by atoms with van der Waals surface area (Å²) in [6.45, 7) is 1.95. The van der Waals surface area contributed by atoms with Crippen LogP contribution in [-0.2, 0) is 4.74 Å². The molecule has 8 heteroatoms. The number of aliphatic hydroxyl groups excluding tert-OH is 3. The van der Waals surface area contributed by atoms with E-state index in [1.165, 1.54) is 11.8 Å². The molecule has 0 bridgehead atoms. The lowest BCUT2D eigenvalue weighted by molar-refractivity contribution is -0.0822. The Hall–Kier alpha value is -1.71. The van der Waals surface area contributed by atoms with Gasteiger partial charge in [-0.1, -0.05) is 25.1 Å². The van der Waals surface area contributed by atoms with E-state index < -0.39 is 29.4 Å². The van der Waals surface area contributed by atoms with Crippen molar-refractivity contribution in [3.05, 3.63) is 60.3 Å². The number of thioether (sulfide) groups is 2. The molecule has 0 saturated heterocycles. The summed E-state index contributed by atoms with van der Waals surface area (Å²) in [7, 11) is 0. The number of hydrogen-bond acceptors (Lipinski definition) is 8. The van der Waals surface area contributed by atoms with Gasteiger partial charge in [0.05, 0.1) is 0 Å². The third-order valence-electron chi connectivity index (χ3n) is 4.66. The molecule has 1 aromatic heterocycles. The van der Waals surface area contributed by atoms with Gasteiger partial charge in [0.1, 0.15) is 12.2 Å². The highest BCUT2D eigenvalue weighted by molar-refractivity contribution is 8.00. The number of ether oxygens (including phenoxy) is 1. The van der Waals surface area contributed by atoms with Crippen LogP contribution < -0.4 is 5.73 Å². The molecule has 1 aromatic carbocycles. The molecule has 0 aliphatic carbocycles. The molecule has 0 fully saturated rings. The average molecular weight is 421 g/mol. The minimum absolute atomic E-state index is 0.0977. The minimum Gasteiger partial charge on any atom is -0.506 e. The Morgan fingerprint density at radius 3 is 2.43 bits per heavy atom. The molecule has 0 saturated carbocycles. The lowest BCUT2D eigenvalue weighted by Crippen LogP contribution is -2.54. The van der Waals surface area contributed by atoms with Crippen molar-refractivity contribution in [1.29, 1.82) is 0 Å². The summed E-state index contributed by atoms with van der Waals surface area (Å²) in [6, 6.07) is 11.4. The normalized spacial score (nSPS) is 24.8. The summed E-state index contributed by atoms with van der Waals surface area (Å²) < 4.78 is 5.73. The zero-order valence-electron chi connectivity index (χ0n) is 15.6. The first-order valence-corrected chi connectivity index (χ1v) is 11.0. The zero-order chi connectivity index (χ0) is 20.3. The summed E-state index contributed by atoms with van der Waals surface area (Å²) in [6.07, 6.45) is 3.14. The predicted molar refractivity (Wildman–Crippen MR) is 113 cm³/mol. The maximum Gasteiger partial charge on any atom is 0.172 e. The lowest BCUT2D eigenvalue weighted by Gasteiger charge is -2.37. The van der Waals surface area contributed by atoms with Gasteiger partial charge in [0.25, 0.3) is 0 Å². The van der Waals surface area contributed by atoms with Gasteiger partial charge in [0, 0.05) is 28.6 Å². The van der Waals surface area contributed by atoms with E-state index in [2.05, 4.69) is 4.98 Å². The molecular weight excluding hydrogens is 396 g/mol. The largest absolute Gasteiger partial charge is 0.506 e. The van der Waals surface area contributed by atoms with Crippen molar-refractivity contribution in [2.24, 2.45) is 5.73 Å². The molecule has 5 unspecified atom stereocenters. The second-order valence-corrected chi connectivity index (χ2v) is 8.90. The lowest BCUT2D eigenvalue weighted by atomic mass is 9.99. The number of rotatable bonds is 6. The molecule has 0 spiro atoms. The smallest absolute Gasteiger partial charge is 0.172 e. The quantitative estimate of drug-likeness (QED) is 0.527. The van der Waals surface area contributed by atoms with E-state index >= 15 is 0 Å². The standard InChI is InChI=1S/C20H24N2O4S2/c1-11(15(21)19-17(24)16(23)18(25)20(26-19)27-2)28-14-7-5-12(6-8-14)13-4-3-9-22-10-13/h3-11,15,17,19-20,23-25H,21H2,1-2H3. The fraction of sp³-hybridized carbons (Fsp3) is 0.350. The van der Waals surface area contributed by atoms with E-state index in [1.807, 2.05) is 49.5 Å². The molecule has 0 amide bonds. The van der Waals surface area contributed by atoms with Crippen molar-refractivity contribution in [1.82, 2.24) is 4.98 Å². The van der Waals surface area contributed by atoms with Gasteiger partial charge in [0.15, 0.2) is 17.0 Å². The van der Waals surface area contributed by atoms with E-state index in [0.29, 0.717) is 0 Å². The topological polar surface area (TPSA) is 109 Å². The number of nitrogens with zero attached hydrogens (tertiary/aromatic N) is 1. The molecule has 0 radical (unpaired) electrons. The van der Waals surface area contributed by atoms with Crippen molar-refractivity contribution in [3.63, 3.8) is 0 Å². The van der Waals surface area contributed by atoms with Gasteiger partial charge in [0.2, 0.25) is 0 Å². The van der Waals surface area contributed by atoms with E-state index in [9.17, 15) is 15.3 Å². The van der Waals surface area contributed by atoms with Crippen molar-refractivity contribution in [2.75, 3.05) is 6.26 Å². The molecule has 2 aromatic rings. The monoisotopic (exact) mass is 420 g/mol. The molecule has 3 rings (SSSR count). The Kier molecular flexibility index (Phi) is 6.90. The average Bonchev–Trinajstić information content (AvgIpc) is 2.73. The van der Waals surface area contributed by atoms with Crippen molar-refractivity contribution in [2.45, 2.75) is 40.8 Å². The van der Waals surface area contributed by atoms with Crippen molar-refractivity contribution < 1.29 is 20.1 Å². The Bertz CT molecular complexity index is 817. The summed E-state index contributed by atoms with van der Waals surface area (Å²) in [5.41, 5.74) is 7.72. The van der Waals surface area contributed by atoms with Crippen LogP contribution in [0.25, 0.3) is 11.1 Å². The summed E-state index contributed by atoms with van der Waals surface area (Å²) in [4.78, 5) is 5.17. The van der Waals surface area contributed by atoms with Crippen molar-refractivity contribution >= 4 is 23.5 Å². The molecule has 1 aliphatic rings. The van der Waals surface area contributed by atoms with Crippen LogP contribution in [0.1, 0.15) is 6.92 Å². The number of aromatic nitrogens is 1. The first-order valence-electron chi connectivity index (χ1n) is 8.83. The summed E-state index contributed by atoms with van der Waals surface area (Å²) in [5.74, 6) is -0.821. The molecule has 5 N–H and O–H groups in total. The number of hydrogen-bond donors (Lipinski definition) is 4. The molecule has 28 heavy (non-hydrogen) atoms. The van der Waals surface area contributed by atoms with Gasteiger partial charge < -0.3 is 25.8 Å². The van der Waals surface area contributed by atoms with Gasteiger partial charge in [-0.3, -0.25) is 4.98 Å². The molecule has 1 aliphatic heterocycles. The number of pyridine rings is 1. The van der Waals surface area contributed by atoms with Crippen LogP contribution in [0.2, 0.25) is 0 Å². The Morgan fingerprint density at radius 2 is 1.82 bits per heavy atom. The number of nitrogens with two attached hydrogens (primary N) is 1. The number of aliphatic hydroxyl groups is 3. The van der Waals surface area contributed by atoms with Crippen LogP contribution in [0.4, 0.5) is 0 Å². The minimum atomic E-state index is -1.35. The zero-order valence-corrected chi connectivity index (χ0v) is 17.2. The first kappa shape index (κ1) is 21.0. The first-order chi connectivity index (χ1) is 13.4. The van der Waals surface area contributed by atoms with Gasteiger partial charge >= 0.3 is 0 Å². The summed E-state index contributed by atoms with van der Waals surface area (Å²) >= 11 is 2.79. The fourth-order valence-electron chi connectivity index (χ4n) is 3.00. The van der Waals surface area contributed by atoms with E-state index in [0.717, 1.165) is 16.0 Å². The van der Waals surface area contributed by atoms with E-state index in [-0.39, 0.29) is 11.0 Å². The summed E-state index contributed by atoms with van der Waals surface area (Å²) in [5, 5.41) is 30.0. The van der Waals surface area contributed by atoms with Gasteiger partial charge in [-0.15, -0.1) is 23.5 Å². The van der Waals surface area contributed by atoms with Gasteiger partial charge in [-0.25, -0.2) is 0 Å². The van der Waals surface area contributed by atoms with Crippen LogP contribution in [0.15, 0.2) is 65.2 Å². The fourth-order valence-corrected chi connectivity index (χ4v) is 4.62. The third kappa shape index (κ3) is 4.47. The Balaban J connectivity index is 1.68. The van der Waals surface area contributed by atoms with Gasteiger partial charge in [-0.2, -0.15) is 0 Å². The van der Waals surface area contributed by atoms with Gasteiger partial charge in [-0.05, 0) is 35.6 Å². The van der Waals surface area contributed by atoms with Crippen LogP contribution in [0, 0.1) is 0 Å². The van der Waals surface area contributed by atoms with Crippen LogP contribution in [0.5, 0.6) is 0 Å². The molecule has 2 heterocycles. The Morgan fingerprint density at radius 1 is 1.11 bits per heavy atom. The molecule has 150 valence electrons. The van der Waals surface area contributed by atoms with E-state index in [1.54, 1.807) is 24.2 Å². The SMILES string of the molecule is CSC1OC(C(N)C(C)Sc2ccc(-c3cccnc3)cc2)C(O)C(O)=C1O. The third-order valence-corrected chi connectivity index (χ3v) is 6.66. The predicted octanol–water partition coefficient (Wildman–Crippen LogP) is 3.33. The highest BCUT2D eigenvalue weighted by atomic mass is 32.2. The highest BCUT2D eigenvalue weighted by Crippen LogP contribution is 2.34. The maximum atomic E-state index is 10.3.